The summed E-state index contributed by atoms with van der Waals surface area (Å²) in [5, 5.41) is 3.07. The van der Waals surface area contributed by atoms with Gasteiger partial charge in [-0.05, 0) is 47.7 Å². The number of rotatable bonds is 6. The number of hydrogen-bond donors (Lipinski definition) is 1. The fourth-order valence-electron chi connectivity index (χ4n) is 3.81. The highest BCUT2D eigenvalue weighted by Gasteiger charge is 2.20. The van der Waals surface area contributed by atoms with Crippen LogP contribution in [-0.4, -0.2) is 23.3 Å². The van der Waals surface area contributed by atoms with Crippen molar-refractivity contribution in [1.29, 1.82) is 0 Å². The van der Waals surface area contributed by atoms with Crippen LogP contribution < -0.4 is 5.32 Å². The van der Waals surface area contributed by atoms with Crippen molar-refractivity contribution in [2.45, 2.75) is 32.4 Å². The van der Waals surface area contributed by atoms with E-state index in [1.165, 1.54) is 5.56 Å². The average Bonchev–Trinajstić information content (AvgIpc) is 3.19. The Bertz CT molecular complexity index is 1010. The first-order valence-corrected chi connectivity index (χ1v) is 10.4. The molecular formula is C26H26N2O2. The monoisotopic (exact) mass is 398 g/mol. The number of nitrogens with zero attached hydrogens (tertiary/aromatic N) is 1. The summed E-state index contributed by atoms with van der Waals surface area (Å²) in [4.78, 5) is 26.3. The third kappa shape index (κ3) is 4.60. The predicted octanol–water partition coefficient (Wildman–Crippen LogP) is 4.97. The molecule has 4 rings (SSSR count). The van der Waals surface area contributed by atoms with E-state index < -0.39 is 0 Å². The zero-order valence-corrected chi connectivity index (χ0v) is 17.2. The molecule has 30 heavy (non-hydrogen) atoms. The van der Waals surface area contributed by atoms with Gasteiger partial charge in [-0.3, -0.25) is 9.59 Å². The molecule has 4 heteroatoms. The topological polar surface area (TPSA) is 49.4 Å². The van der Waals surface area contributed by atoms with Crippen LogP contribution in [0.5, 0.6) is 0 Å². The van der Waals surface area contributed by atoms with Gasteiger partial charge in [0.25, 0.3) is 5.91 Å². The van der Waals surface area contributed by atoms with E-state index in [-0.39, 0.29) is 17.9 Å². The van der Waals surface area contributed by atoms with Gasteiger partial charge in [-0.25, -0.2) is 0 Å². The van der Waals surface area contributed by atoms with Crippen LogP contribution in [0, 0.1) is 0 Å². The summed E-state index contributed by atoms with van der Waals surface area (Å²) in [6.45, 7) is 3.43. The van der Waals surface area contributed by atoms with Crippen LogP contribution >= 0.6 is 0 Å². The zero-order valence-electron chi connectivity index (χ0n) is 17.2. The SMILES string of the molecule is C[C@@H](NC(=O)c1ccc(CN2CCCC2=O)cc1)c1ccc(-c2ccccc2)cc1. The lowest BCUT2D eigenvalue weighted by molar-refractivity contribution is -0.128. The molecule has 1 fully saturated rings. The van der Waals surface area contributed by atoms with E-state index in [0.717, 1.165) is 29.7 Å². The molecule has 0 saturated carbocycles. The Morgan fingerprint density at radius 1 is 0.933 bits per heavy atom. The first-order valence-electron chi connectivity index (χ1n) is 10.4. The Hall–Kier alpha value is -3.40. The Labute approximate surface area is 177 Å². The third-order valence-corrected chi connectivity index (χ3v) is 5.63. The number of likely N-dealkylation sites (tertiary alicyclic amines) is 1. The van der Waals surface area contributed by atoms with Gasteiger partial charge < -0.3 is 10.2 Å². The van der Waals surface area contributed by atoms with Crippen molar-refractivity contribution in [2.75, 3.05) is 6.54 Å². The quantitative estimate of drug-likeness (QED) is 0.637. The Balaban J connectivity index is 1.36. The number of benzene rings is 3. The molecule has 1 saturated heterocycles. The maximum atomic E-state index is 12.6. The minimum Gasteiger partial charge on any atom is -0.346 e. The number of nitrogens with one attached hydrogen (secondary N) is 1. The van der Waals surface area contributed by atoms with Gasteiger partial charge in [0.15, 0.2) is 0 Å². The summed E-state index contributed by atoms with van der Waals surface area (Å²) in [7, 11) is 0. The van der Waals surface area contributed by atoms with Crippen LogP contribution in [-0.2, 0) is 11.3 Å². The summed E-state index contributed by atoms with van der Waals surface area (Å²) < 4.78 is 0. The van der Waals surface area contributed by atoms with Crippen LogP contribution in [0.2, 0.25) is 0 Å². The van der Waals surface area contributed by atoms with Gasteiger partial charge in [0.05, 0.1) is 6.04 Å². The molecule has 2 amide bonds. The molecule has 3 aromatic rings. The van der Waals surface area contributed by atoms with E-state index in [2.05, 4.69) is 41.7 Å². The van der Waals surface area contributed by atoms with Crippen molar-refractivity contribution >= 4 is 11.8 Å². The largest absolute Gasteiger partial charge is 0.346 e. The van der Waals surface area contributed by atoms with E-state index in [1.54, 1.807) is 0 Å². The maximum Gasteiger partial charge on any atom is 0.251 e. The van der Waals surface area contributed by atoms with Gasteiger partial charge in [-0.15, -0.1) is 0 Å². The Morgan fingerprint density at radius 3 is 2.23 bits per heavy atom. The summed E-state index contributed by atoms with van der Waals surface area (Å²) in [6.07, 6.45) is 1.58. The first-order chi connectivity index (χ1) is 14.6. The average molecular weight is 399 g/mol. The standard InChI is InChI=1S/C26H26N2O2/c1-19(21-13-15-23(16-14-21)22-6-3-2-4-7-22)27-26(30)24-11-9-20(10-12-24)18-28-17-5-8-25(28)29/h2-4,6-7,9-16,19H,5,8,17-18H2,1H3,(H,27,30)/t19-/m1/s1. The molecule has 3 aromatic carbocycles. The molecule has 152 valence electrons. The van der Waals surface area contributed by atoms with Gasteiger partial charge >= 0.3 is 0 Å². The van der Waals surface area contributed by atoms with Crippen molar-refractivity contribution in [3.05, 3.63) is 95.6 Å². The molecule has 4 nitrogen and oxygen atoms in total. The highest BCUT2D eigenvalue weighted by molar-refractivity contribution is 5.94. The molecule has 0 aliphatic carbocycles. The normalized spacial score (nSPS) is 14.6. The summed E-state index contributed by atoms with van der Waals surface area (Å²) in [6, 6.07) is 26.0. The van der Waals surface area contributed by atoms with Crippen LogP contribution in [0.15, 0.2) is 78.9 Å². The predicted molar refractivity (Wildman–Crippen MR) is 119 cm³/mol. The number of carbonyl (C=O) groups excluding carboxylic acids is 2. The van der Waals surface area contributed by atoms with Gasteiger partial charge in [-0.2, -0.15) is 0 Å². The smallest absolute Gasteiger partial charge is 0.251 e. The lowest BCUT2D eigenvalue weighted by Gasteiger charge is -2.17. The molecule has 0 spiro atoms. The van der Waals surface area contributed by atoms with E-state index in [1.807, 2.05) is 54.3 Å². The molecule has 1 atom stereocenters. The van der Waals surface area contributed by atoms with E-state index in [0.29, 0.717) is 18.5 Å². The fourth-order valence-corrected chi connectivity index (χ4v) is 3.81. The molecule has 1 heterocycles. The van der Waals surface area contributed by atoms with Gasteiger partial charge in [0.1, 0.15) is 0 Å². The number of hydrogen-bond acceptors (Lipinski definition) is 2. The Kier molecular flexibility index (Phi) is 5.94. The maximum absolute atomic E-state index is 12.6. The van der Waals surface area contributed by atoms with E-state index >= 15 is 0 Å². The first kappa shape index (κ1) is 19.9. The third-order valence-electron chi connectivity index (χ3n) is 5.63. The molecule has 0 bridgehead atoms. The number of amides is 2. The second kappa shape index (κ2) is 8.95. The highest BCUT2D eigenvalue weighted by Crippen LogP contribution is 2.22. The lowest BCUT2D eigenvalue weighted by Crippen LogP contribution is -2.27. The molecule has 0 unspecified atom stereocenters. The second-order valence-corrected chi connectivity index (χ2v) is 7.80. The van der Waals surface area contributed by atoms with Crippen LogP contribution in [0.1, 0.15) is 47.3 Å². The minimum atomic E-state index is -0.0987. The van der Waals surface area contributed by atoms with Gasteiger partial charge in [0, 0.05) is 25.1 Å². The summed E-state index contributed by atoms with van der Waals surface area (Å²) in [5.41, 5.74) is 5.07. The summed E-state index contributed by atoms with van der Waals surface area (Å²) >= 11 is 0. The summed E-state index contributed by atoms with van der Waals surface area (Å²) in [5.74, 6) is 0.113. The molecule has 0 aromatic heterocycles. The number of carbonyl (C=O) groups is 2. The lowest BCUT2D eigenvalue weighted by atomic mass is 10.0. The van der Waals surface area contributed by atoms with E-state index in [9.17, 15) is 9.59 Å². The van der Waals surface area contributed by atoms with Crippen LogP contribution in [0.25, 0.3) is 11.1 Å². The van der Waals surface area contributed by atoms with Crippen molar-refractivity contribution in [2.24, 2.45) is 0 Å². The molecule has 1 N–H and O–H groups in total. The van der Waals surface area contributed by atoms with E-state index in [4.69, 9.17) is 0 Å². The molecule has 1 aliphatic heterocycles. The van der Waals surface area contributed by atoms with Crippen molar-refractivity contribution in [3.8, 4) is 11.1 Å². The van der Waals surface area contributed by atoms with Crippen molar-refractivity contribution in [1.82, 2.24) is 10.2 Å². The van der Waals surface area contributed by atoms with Crippen molar-refractivity contribution in [3.63, 3.8) is 0 Å². The molecule has 1 aliphatic rings. The minimum absolute atomic E-state index is 0.0933. The second-order valence-electron chi connectivity index (χ2n) is 7.80. The molecular weight excluding hydrogens is 372 g/mol. The van der Waals surface area contributed by atoms with Crippen LogP contribution in [0.3, 0.4) is 0 Å². The van der Waals surface area contributed by atoms with Gasteiger partial charge in [0.2, 0.25) is 5.91 Å². The molecule has 0 radical (unpaired) electrons. The zero-order chi connectivity index (χ0) is 20.9. The Morgan fingerprint density at radius 2 is 1.60 bits per heavy atom. The van der Waals surface area contributed by atoms with Gasteiger partial charge in [-0.1, -0.05) is 66.7 Å². The fraction of sp³-hybridized carbons (Fsp3) is 0.231. The highest BCUT2D eigenvalue weighted by atomic mass is 16.2. The van der Waals surface area contributed by atoms with Crippen LogP contribution in [0.4, 0.5) is 0 Å². The van der Waals surface area contributed by atoms with Crippen molar-refractivity contribution < 1.29 is 9.59 Å².